The van der Waals surface area contributed by atoms with E-state index in [1.54, 1.807) is 17.0 Å². The Labute approximate surface area is 142 Å². The number of sulfone groups is 1. The van der Waals surface area contributed by atoms with E-state index in [1.165, 1.54) is 5.41 Å². The highest BCUT2D eigenvalue weighted by Crippen LogP contribution is 2.26. The minimum absolute atomic E-state index is 0.0848. The molecular formula is C19H19NO3S. The van der Waals surface area contributed by atoms with Crippen molar-refractivity contribution in [3.8, 4) is 0 Å². The summed E-state index contributed by atoms with van der Waals surface area (Å²) < 4.78 is 23.7. The molecule has 2 aromatic rings. The van der Waals surface area contributed by atoms with E-state index in [0.717, 1.165) is 11.1 Å². The lowest BCUT2D eigenvalue weighted by molar-refractivity contribution is 0.0982. The van der Waals surface area contributed by atoms with Crippen LogP contribution in [0.15, 0.2) is 60.0 Å². The zero-order valence-electron chi connectivity index (χ0n) is 13.6. The molecule has 1 aliphatic heterocycles. The maximum Gasteiger partial charge on any atom is 0.259 e. The highest BCUT2D eigenvalue weighted by molar-refractivity contribution is 7.94. The fourth-order valence-corrected chi connectivity index (χ4v) is 4.10. The van der Waals surface area contributed by atoms with E-state index in [-0.39, 0.29) is 11.7 Å². The minimum Gasteiger partial charge on any atom is -0.300 e. The van der Waals surface area contributed by atoms with E-state index in [9.17, 15) is 13.2 Å². The number of aryl methyl sites for hydroxylation is 2. The van der Waals surface area contributed by atoms with Gasteiger partial charge in [0.15, 0.2) is 9.84 Å². The molecule has 0 unspecified atom stereocenters. The lowest BCUT2D eigenvalue weighted by atomic mass is 10.1. The second-order valence-electron chi connectivity index (χ2n) is 6.05. The molecule has 124 valence electrons. The van der Waals surface area contributed by atoms with Gasteiger partial charge in [-0.25, -0.2) is 8.42 Å². The van der Waals surface area contributed by atoms with Crippen LogP contribution in [0.5, 0.6) is 0 Å². The Morgan fingerprint density at radius 2 is 1.71 bits per heavy atom. The lowest BCUT2D eigenvalue weighted by Gasteiger charge is -2.28. The van der Waals surface area contributed by atoms with Gasteiger partial charge in [0.05, 0.1) is 11.8 Å². The summed E-state index contributed by atoms with van der Waals surface area (Å²) in [6.07, 6.45) is 1.59. The van der Waals surface area contributed by atoms with E-state index in [4.69, 9.17) is 0 Å². The van der Waals surface area contributed by atoms with Crippen LogP contribution in [0, 0.1) is 13.8 Å². The normalized spacial score (nSPS) is 18.5. The van der Waals surface area contributed by atoms with Crippen molar-refractivity contribution < 1.29 is 13.2 Å². The van der Waals surface area contributed by atoms with Crippen LogP contribution in [0.1, 0.15) is 21.5 Å². The molecule has 0 spiro atoms. The van der Waals surface area contributed by atoms with Crippen LogP contribution < -0.4 is 4.90 Å². The Morgan fingerprint density at radius 3 is 2.29 bits per heavy atom. The molecule has 0 fully saturated rings. The second-order valence-corrected chi connectivity index (χ2v) is 7.98. The van der Waals surface area contributed by atoms with Crippen molar-refractivity contribution >= 4 is 21.4 Å². The molecule has 0 aliphatic carbocycles. The number of benzene rings is 2. The van der Waals surface area contributed by atoms with Crippen molar-refractivity contribution in [2.45, 2.75) is 19.9 Å². The van der Waals surface area contributed by atoms with Crippen molar-refractivity contribution in [3.05, 3.63) is 76.7 Å². The highest BCUT2D eigenvalue weighted by atomic mass is 32.2. The number of anilines is 1. The summed E-state index contributed by atoms with van der Waals surface area (Å²) in [5.41, 5.74) is 3.22. The zero-order chi connectivity index (χ0) is 17.3. The average Bonchev–Trinajstić information content (AvgIpc) is 2.89. The first-order valence-corrected chi connectivity index (χ1v) is 9.46. The van der Waals surface area contributed by atoms with Crippen molar-refractivity contribution in [1.29, 1.82) is 0 Å². The maximum absolute atomic E-state index is 13.1. The smallest absolute Gasteiger partial charge is 0.259 e. The number of nitrogens with zero attached hydrogens (tertiary/aromatic N) is 1. The Balaban J connectivity index is 2.05. The van der Waals surface area contributed by atoms with E-state index in [1.807, 2.05) is 56.3 Å². The molecule has 0 N–H and O–H groups in total. The Bertz CT molecular complexity index is 898. The first-order valence-electron chi connectivity index (χ1n) is 7.74. The first kappa shape index (κ1) is 16.5. The number of hydrogen-bond donors (Lipinski definition) is 0. The molecule has 0 saturated heterocycles. The SMILES string of the molecule is Cc1ccc(N(C(=O)c2ccccc2C)[C@@H]2C=CS(=O)(=O)C2)cc1. The summed E-state index contributed by atoms with van der Waals surface area (Å²) in [7, 11) is -3.26. The van der Waals surface area contributed by atoms with Gasteiger partial charge in [0, 0.05) is 16.7 Å². The number of hydrogen-bond acceptors (Lipinski definition) is 3. The molecule has 0 saturated carbocycles. The highest BCUT2D eigenvalue weighted by Gasteiger charge is 2.32. The molecule has 1 atom stereocenters. The number of carbonyl (C=O) groups excluding carboxylic acids is 1. The predicted molar refractivity (Wildman–Crippen MR) is 95.9 cm³/mol. The van der Waals surface area contributed by atoms with Crippen LogP contribution in [-0.2, 0) is 9.84 Å². The predicted octanol–water partition coefficient (Wildman–Crippen LogP) is 3.26. The van der Waals surface area contributed by atoms with Crippen LogP contribution in [0.4, 0.5) is 5.69 Å². The van der Waals surface area contributed by atoms with Gasteiger partial charge in [-0.15, -0.1) is 0 Å². The molecule has 3 rings (SSSR count). The van der Waals surface area contributed by atoms with Gasteiger partial charge in [-0.05, 0) is 43.7 Å². The number of carbonyl (C=O) groups is 1. The largest absolute Gasteiger partial charge is 0.300 e. The van der Waals surface area contributed by atoms with Crippen molar-refractivity contribution in [1.82, 2.24) is 0 Å². The molecule has 5 heteroatoms. The molecule has 0 radical (unpaired) electrons. The third kappa shape index (κ3) is 3.26. The van der Waals surface area contributed by atoms with E-state index in [2.05, 4.69) is 0 Å². The van der Waals surface area contributed by atoms with Gasteiger partial charge in [0.2, 0.25) is 0 Å². The van der Waals surface area contributed by atoms with Crippen LogP contribution in [0.25, 0.3) is 0 Å². The Kier molecular flexibility index (Phi) is 4.28. The van der Waals surface area contributed by atoms with Crippen molar-refractivity contribution in [2.24, 2.45) is 0 Å². The summed E-state index contributed by atoms with van der Waals surface area (Å²) in [6.45, 7) is 3.85. The standard InChI is InChI=1S/C19H19NO3S/c1-14-7-9-16(10-8-14)20(17-11-12-24(22,23)13-17)19(21)18-6-4-3-5-15(18)2/h3-12,17H,13H2,1-2H3/t17-/m1/s1. The monoisotopic (exact) mass is 341 g/mol. The van der Waals surface area contributed by atoms with Gasteiger partial charge in [0.25, 0.3) is 5.91 Å². The van der Waals surface area contributed by atoms with Crippen LogP contribution >= 0.6 is 0 Å². The summed E-state index contributed by atoms with van der Waals surface area (Å²) >= 11 is 0. The summed E-state index contributed by atoms with van der Waals surface area (Å²) in [4.78, 5) is 14.7. The van der Waals surface area contributed by atoms with Crippen molar-refractivity contribution in [3.63, 3.8) is 0 Å². The molecule has 24 heavy (non-hydrogen) atoms. The topological polar surface area (TPSA) is 54.5 Å². The lowest BCUT2D eigenvalue weighted by Crippen LogP contribution is -2.41. The van der Waals surface area contributed by atoms with Gasteiger partial charge in [-0.2, -0.15) is 0 Å². The van der Waals surface area contributed by atoms with Crippen molar-refractivity contribution in [2.75, 3.05) is 10.7 Å². The molecule has 0 bridgehead atoms. The summed E-state index contributed by atoms with van der Waals surface area (Å²) in [5.74, 6) is -0.276. The zero-order valence-corrected chi connectivity index (χ0v) is 14.5. The molecule has 1 aliphatic rings. The second kappa shape index (κ2) is 6.24. The molecule has 1 amide bonds. The van der Waals surface area contributed by atoms with Crippen LogP contribution in [-0.4, -0.2) is 26.1 Å². The van der Waals surface area contributed by atoms with Gasteiger partial charge in [-0.3, -0.25) is 4.79 Å². The molecular weight excluding hydrogens is 322 g/mol. The fourth-order valence-electron chi connectivity index (χ4n) is 2.83. The van der Waals surface area contributed by atoms with Gasteiger partial charge in [0.1, 0.15) is 0 Å². The van der Waals surface area contributed by atoms with Crippen LogP contribution in [0.3, 0.4) is 0 Å². The molecule has 4 nitrogen and oxygen atoms in total. The number of amides is 1. The van der Waals surface area contributed by atoms with Gasteiger partial charge >= 0.3 is 0 Å². The minimum atomic E-state index is -3.26. The number of rotatable bonds is 3. The third-order valence-corrected chi connectivity index (χ3v) is 5.53. The molecule has 2 aromatic carbocycles. The fraction of sp³-hybridized carbons (Fsp3) is 0.211. The Hall–Kier alpha value is -2.40. The Morgan fingerprint density at radius 1 is 1.04 bits per heavy atom. The average molecular weight is 341 g/mol. The van der Waals surface area contributed by atoms with E-state index >= 15 is 0 Å². The molecule has 1 heterocycles. The van der Waals surface area contributed by atoms with E-state index in [0.29, 0.717) is 11.3 Å². The first-order chi connectivity index (χ1) is 11.4. The maximum atomic E-state index is 13.1. The quantitative estimate of drug-likeness (QED) is 0.861. The van der Waals surface area contributed by atoms with E-state index < -0.39 is 15.9 Å². The third-order valence-electron chi connectivity index (χ3n) is 4.15. The van der Waals surface area contributed by atoms with Gasteiger partial charge in [-0.1, -0.05) is 35.9 Å². The summed E-state index contributed by atoms with van der Waals surface area (Å²) in [6, 6.07) is 14.4. The van der Waals surface area contributed by atoms with Crippen LogP contribution in [0.2, 0.25) is 0 Å². The molecule has 0 aromatic heterocycles. The van der Waals surface area contributed by atoms with Gasteiger partial charge < -0.3 is 4.90 Å². The summed E-state index contributed by atoms with van der Waals surface area (Å²) in [5, 5.41) is 1.20.